The van der Waals surface area contributed by atoms with Crippen molar-refractivity contribution in [3.8, 4) is 0 Å². The molecule has 4 heteroatoms. The van der Waals surface area contributed by atoms with Crippen LogP contribution < -0.4 is 11.1 Å². The van der Waals surface area contributed by atoms with E-state index < -0.39 is 0 Å². The summed E-state index contributed by atoms with van der Waals surface area (Å²) in [6, 6.07) is 5.54. The van der Waals surface area contributed by atoms with Gasteiger partial charge in [-0.05, 0) is 43.9 Å². The minimum Gasteiger partial charge on any atom is -0.398 e. The zero-order valence-electron chi connectivity index (χ0n) is 11.4. The van der Waals surface area contributed by atoms with Gasteiger partial charge in [0.15, 0.2) is 0 Å². The lowest BCUT2D eigenvalue weighted by atomic mass is 10.1. The van der Waals surface area contributed by atoms with E-state index in [-0.39, 0.29) is 5.91 Å². The number of carbonyl (C=O) groups excluding carboxylic acids is 1. The first-order chi connectivity index (χ1) is 9.20. The summed E-state index contributed by atoms with van der Waals surface area (Å²) in [6.45, 7) is 2.57. The van der Waals surface area contributed by atoms with Crippen LogP contribution in [0, 0.1) is 5.92 Å². The average Bonchev–Trinajstić information content (AvgIpc) is 2.91. The first kappa shape index (κ1) is 14.3. The molecule has 0 radical (unpaired) electrons. The maximum Gasteiger partial charge on any atom is 0.251 e. The van der Waals surface area contributed by atoms with Gasteiger partial charge < -0.3 is 11.1 Å². The second-order valence-electron chi connectivity index (χ2n) is 5.07. The van der Waals surface area contributed by atoms with Crippen LogP contribution in [0.15, 0.2) is 23.1 Å². The van der Waals surface area contributed by atoms with Crippen LogP contribution in [-0.4, -0.2) is 18.2 Å². The fourth-order valence-corrected chi connectivity index (χ4v) is 3.64. The van der Waals surface area contributed by atoms with Crippen molar-refractivity contribution < 1.29 is 4.79 Å². The van der Waals surface area contributed by atoms with E-state index in [1.54, 1.807) is 17.8 Å². The Bertz CT molecular complexity index is 442. The van der Waals surface area contributed by atoms with E-state index >= 15 is 0 Å². The Morgan fingerprint density at radius 1 is 1.42 bits per heavy atom. The third-order valence-corrected chi connectivity index (χ3v) is 4.86. The van der Waals surface area contributed by atoms with Gasteiger partial charge in [0.05, 0.1) is 0 Å². The largest absolute Gasteiger partial charge is 0.398 e. The number of amides is 1. The summed E-state index contributed by atoms with van der Waals surface area (Å²) in [5, 5.41) is 2.82. The topological polar surface area (TPSA) is 55.1 Å². The van der Waals surface area contributed by atoms with E-state index in [1.165, 1.54) is 25.7 Å². The number of thioether (sulfide) groups is 1. The van der Waals surface area contributed by atoms with E-state index in [0.717, 1.165) is 22.3 Å². The Morgan fingerprint density at radius 3 is 2.84 bits per heavy atom. The predicted molar refractivity (Wildman–Crippen MR) is 81.5 cm³/mol. The molecule has 0 unspecified atom stereocenters. The number of nitrogens with one attached hydrogen (secondary N) is 1. The highest BCUT2D eigenvalue weighted by molar-refractivity contribution is 7.99. The van der Waals surface area contributed by atoms with Crippen molar-refractivity contribution in [1.29, 1.82) is 0 Å². The highest BCUT2D eigenvalue weighted by Gasteiger charge is 2.16. The van der Waals surface area contributed by atoms with E-state index in [9.17, 15) is 4.79 Å². The van der Waals surface area contributed by atoms with E-state index in [2.05, 4.69) is 5.32 Å². The molecule has 1 aliphatic carbocycles. The minimum atomic E-state index is -0.0229. The lowest BCUT2D eigenvalue weighted by Crippen LogP contribution is -2.22. The molecule has 0 bridgehead atoms. The summed E-state index contributed by atoms with van der Waals surface area (Å²) in [4.78, 5) is 12.8. The van der Waals surface area contributed by atoms with Gasteiger partial charge in [-0.2, -0.15) is 0 Å². The zero-order valence-corrected chi connectivity index (χ0v) is 12.3. The summed E-state index contributed by atoms with van der Waals surface area (Å²) >= 11 is 1.79. The number of nitrogen functional groups attached to an aromatic ring is 1. The average molecular weight is 278 g/mol. The van der Waals surface area contributed by atoms with E-state index in [1.807, 2.05) is 19.1 Å². The lowest BCUT2D eigenvalue weighted by molar-refractivity contribution is 0.0955. The van der Waals surface area contributed by atoms with Crippen molar-refractivity contribution in [1.82, 2.24) is 5.32 Å². The predicted octanol–water partition coefficient (Wildman–Crippen LogP) is 3.30. The van der Waals surface area contributed by atoms with Crippen molar-refractivity contribution >= 4 is 23.4 Å². The Hall–Kier alpha value is -1.16. The summed E-state index contributed by atoms with van der Waals surface area (Å²) in [5.74, 6) is 1.91. The minimum absolute atomic E-state index is 0.0229. The molecule has 1 aromatic rings. The molecule has 104 valence electrons. The molecule has 0 aliphatic heterocycles. The van der Waals surface area contributed by atoms with Gasteiger partial charge in [-0.3, -0.25) is 4.79 Å². The van der Waals surface area contributed by atoms with Gasteiger partial charge in [0.1, 0.15) is 0 Å². The van der Waals surface area contributed by atoms with Gasteiger partial charge >= 0.3 is 0 Å². The first-order valence-electron chi connectivity index (χ1n) is 7.01. The van der Waals surface area contributed by atoms with Crippen LogP contribution in [0.3, 0.4) is 0 Å². The van der Waals surface area contributed by atoms with Gasteiger partial charge in [-0.15, -0.1) is 11.8 Å². The summed E-state index contributed by atoms with van der Waals surface area (Å²) < 4.78 is 0. The summed E-state index contributed by atoms with van der Waals surface area (Å²) in [6.07, 6.45) is 5.39. The third-order valence-electron chi connectivity index (χ3n) is 3.56. The molecule has 1 fully saturated rings. The van der Waals surface area contributed by atoms with Crippen LogP contribution in [-0.2, 0) is 0 Å². The molecular weight excluding hydrogens is 256 g/mol. The van der Waals surface area contributed by atoms with Crippen LogP contribution >= 0.6 is 11.8 Å². The monoisotopic (exact) mass is 278 g/mol. The van der Waals surface area contributed by atoms with Crippen LogP contribution in [0.1, 0.15) is 43.0 Å². The molecule has 1 aliphatic rings. The molecule has 3 N–H and O–H groups in total. The third kappa shape index (κ3) is 3.90. The van der Waals surface area contributed by atoms with Gasteiger partial charge in [-0.25, -0.2) is 0 Å². The van der Waals surface area contributed by atoms with Crippen molar-refractivity contribution in [3.05, 3.63) is 23.8 Å². The maximum atomic E-state index is 11.8. The number of hydrogen-bond acceptors (Lipinski definition) is 3. The number of rotatable bonds is 5. The Labute approximate surface area is 119 Å². The SMILES string of the molecule is CCNC(=O)c1ccc(N)c(SCC2CCCC2)c1. The maximum absolute atomic E-state index is 11.8. The van der Waals surface area contributed by atoms with E-state index in [0.29, 0.717) is 12.1 Å². The molecular formula is C15H22N2OS. The fraction of sp³-hybridized carbons (Fsp3) is 0.533. The quantitative estimate of drug-likeness (QED) is 0.642. The van der Waals surface area contributed by atoms with Crippen molar-refractivity contribution in [2.75, 3.05) is 18.0 Å². The number of anilines is 1. The zero-order chi connectivity index (χ0) is 13.7. The second-order valence-corrected chi connectivity index (χ2v) is 6.14. The van der Waals surface area contributed by atoms with Crippen molar-refractivity contribution in [2.24, 2.45) is 5.92 Å². The smallest absolute Gasteiger partial charge is 0.251 e. The van der Waals surface area contributed by atoms with Crippen LogP contribution in [0.25, 0.3) is 0 Å². The highest BCUT2D eigenvalue weighted by Crippen LogP contribution is 2.33. The number of benzene rings is 1. The molecule has 1 aromatic carbocycles. The molecule has 0 spiro atoms. The van der Waals surface area contributed by atoms with Gasteiger partial charge in [-0.1, -0.05) is 12.8 Å². The lowest BCUT2D eigenvalue weighted by Gasteiger charge is -2.11. The molecule has 0 saturated heterocycles. The molecule has 0 heterocycles. The van der Waals surface area contributed by atoms with E-state index in [4.69, 9.17) is 5.73 Å². The number of hydrogen-bond donors (Lipinski definition) is 2. The molecule has 3 nitrogen and oxygen atoms in total. The molecule has 1 amide bonds. The molecule has 1 saturated carbocycles. The Balaban J connectivity index is 2.01. The van der Waals surface area contributed by atoms with Gasteiger partial charge in [0.2, 0.25) is 0 Å². The van der Waals surface area contributed by atoms with Crippen LogP contribution in [0.5, 0.6) is 0 Å². The molecule has 0 aromatic heterocycles. The number of carbonyl (C=O) groups is 1. The molecule has 2 rings (SSSR count). The standard InChI is InChI=1S/C15H22N2OS/c1-2-17-15(18)12-7-8-13(16)14(9-12)19-10-11-5-3-4-6-11/h7-9,11H,2-6,10,16H2,1H3,(H,17,18). The first-order valence-corrected chi connectivity index (χ1v) is 7.99. The van der Waals surface area contributed by atoms with Crippen molar-refractivity contribution in [2.45, 2.75) is 37.5 Å². The molecule has 19 heavy (non-hydrogen) atoms. The van der Waals surface area contributed by atoms with Gasteiger partial charge in [0.25, 0.3) is 5.91 Å². The van der Waals surface area contributed by atoms with Crippen molar-refractivity contribution in [3.63, 3.8) is 0 Å². The summed E-state index contributed by atoms with van der Waals surface area (Å²) in [7, 11) is 0. The highest BCUT2D eigenvalue weighted by atomic mass is 32.2. The molecule has 0 atom stereocenters. The summed E-state index contributed by atoms with van der Waals surface area (Å²) in [5.41, 5.74) is 7.47. The Morgan fingerprint density at radius 2 is 2.16 bits per heavy atom. The second kappa shape index (κ2) is 6.85. The normalized spacial score (nSPS) is 15.6. The number of nitrogens with two attached hydrogens (primary N) is 1. The van der Waals surface area contributed by atoms with Gasteiger partial charge in [0, 0.05) is 28.4 Å². The Kier molecular flexibility index (Phi) is 5.14. The van der Waals surface area contributed by atoms with Crippen LogP contribution in [0.4, 0.5) is 5.69 Å². The van der Waals surface area contributed by atoms with Crippen LogP contribution in [0.2, 0.25) is 0 Å². The fourth-order valence-electron chi connectivity index (χ4n) is 2.45.